The fourth-order valence-corrected chi connectivity index (χ4v) is 0.110. The fourth-order valence-electron chi connectivity index (χ4n) is 0.110. The summed E-state index contributed by atoms with van der Waals surface area (Å²) in [5.74, 6) is 0. The molecule has 0 aliphatic carbocycles. The van der Waals surface area contributed by atoms with Crippen LogP contribution in [-0.2, 0) is 0 Å². The number of hydrogen-bond donors (Lipinski definition) is 3. The number of oxime groups is 1. The van der Waals surface area contributed by atoms with Gasteiger partial charge in [-0.15, -0.1) is 0 Å². The Morgan fingerprint density at radius 3 is 2.43 bits per heavy atom. The summed E-state index contributed by atoms with van der Waals surface area (Å²) in [6.07, 6.45) is 2.18. The summed E-state index contributed by atoms with van der Waals surface area (Å²) in [5, 5.41) is 10.4. The maximum Gasteiger partial charge on any atom is 0.0905 e. The van der Waals surface area contributed by atoms with Crippen LogP contribution in [0.25, 0.3) is 0 Å². The van der Waals surface area contributed by atoms with E-state index in [2.05, 4.69) is 5.16 Å². The lowest BCUT2D eigenvalue weighted by molar-refractivity contribution is 0.321. The van der Waals surface area contributed by atoms with Gasteiger partial charge in [-0.3, -0.25) is 0 Å². The lowest BCUT2D eigenvalue weighted by Gasteiger charge is -1.81. The Labute approximate surface area is 41.1 Å². The van der Waals surface area contributed by atoms with Crippen molar-refractivity contribution >= 4 is 6.21 Å². The van der Waals surface area contributed by atoms with E-state index in [0.717, 1.165) is 12.4 Å². The van der Waals surface area contributed by atoms with Crippen molar-refractivity contribution in [3.8, 4) is 0 Å². The normalized spacial score (nSPS) is 12.9. The van der Waals surface area contributed by atoms with Crippen molar-refractivity contribution in [1.82, 2.24) is 0 Å². The summed E-state index contributed by atoms with van der Waals surface area (Å²) in [7, 11) is 0. The minimum atomic E-state index is 0.238. The highest BCUT2D eigenvalue weighted by atomic mass is 16.4. The minimum Gasteiger partial charge on any atom is -0.411 e. The van der Waals surface area contributed by atoms with E-state index in [0.29, 0.717) is 0 Å². The molecule has 0 unspecified atom stereocenters. The van der Waals surface area contributed by atoms with Crippen LogP contribution in [0.5, 0.6) is 0 Å². The van der Waals surface area contributed by atoms with E-state index < -0.39 is 0 Å². The third-order valence-corrected chi connectivity index (χ3v) is 0.399. The summed E-state index contributed by atoms with van der Waals surface area (Å²) >= 11 is 0. The highest BCUT2D eigenvalue weighted by molar-refractivity contribution is 5.76. The first-order valence-corrected chi connectivity index (χ1v) is 1.66. The summed E-state index contributed by atoms with van der Waals surface area (Å²) in [6.45, 7) is 0. The van der Waals surface area contributed by atoms with E-state index >= 15 is 0 Å². The third kappa shape index (κ3) is 2.62. The minimum absolute atomic E-state index is 0.238. The van der Waals surface area contributed by atoms with Gasteiger partial charge in [0.1, 0.15) is 0 Å². The highest BCUT2D eigenvalue weighted by Gasteiger charge is 1.73. The monoisotopic (exact) mass is 101 g/mol. The molecule has 0 spiro atoms. The molecule has 7 heavy (non-hydrogen) atoms. The molecule has 4 heteroatoms. The molecule has 0 radical (unpaired) electrons. The molecule has 0 rings (SSSR count). The van der Waals surface area contributed by atoms with Crippen LogP contribution < -0.4 is 11.5 Å². The molecule has 0 fully saturated rings. The van der Waals surface area contributed by atoms with Crippen molar-refractivity contribution in [1.29, 1.82) is 0 Å². The largest absolute Gasteiger partial charge is 0.411 e. The number of hydrogen-bond acceptors (Lipinski definition) is 4. The van der Waals surface area contributed by atoms with Crippen molar-refractivity contribution in [2.24, 2.45) is 16.6 Å². The zero-order chi connectivity index (χ0) is 5.70. The van der Waals surface area contributed by atoms with Crippen molar-refractivity contribution in [3.63, 3.8) is 0 Å². The van der Waals surface area contributed by atoms with Gasteiger partial charge in [0.25, 0.3) is 0 Å². The van der Waals surface area contributed by atoms with E-state index in [1.54, 1.807) is 0 Å². The van der Waals surface area contributed by atoms with E-state index in [1.165, 1.54) is 0 Å². The van der Waals surface area contributed by atoms with Gasteiger partial charge in [0.05, 0.1) is 11.9 Å². The topological polar surface area (TPSA) is 84.6 Å². The van der Waals surface area contributed by atoms with Gasteiger partial charge in [0, 0.05) is 6.20 Å². The molecule has 0 aliphatic rings. The van der Waals surface area contributed by atoms with Crippen LogP contribution in [0.1, 0.15) is 0 Å². The highest BCUT2D eigenvalue weighted by Crippen LogP contribution is 1.67. The Morgan fingerprint density at radius 1 is 1.71 bits per heavy atom. The van der Waals surface area contributed by atoms with Gasteiger partial charge in [-0.1, -0.05) is 5.16 Å². The van der Waals surface area contributed by atoms with Crippen LogP contribution in [0.3, 0.4) is 0 Å². The Hall–Kier alpha value is -1.19. The number of allylic oxidation sites excluding steroid dienone is 1. The van der Waals surface area contributed by atoms with Gasteiger partial charge in [-0.2, -0.15) is 0 Å². The summed E-state index contributed by atoms with van der Waals surface area (Å²) in [4.78, 5) is 0. The molecule has 0 aliphatic heterocycles. The molecule has 0 heterocycles. The van der Waals surface area contributed by atoms with Crippen LogP contribution >= 0.6 is 0 Å². The van der Waals surface area contributed by atoms with Gasteiger partial charge < -0.3 is 16.7 Å². The first-order chi connectivity index (χ1) is 3.31. The maximum atomic E-state index is 7.76. The van der Waals surface area contributed by atoms with E-state index in [9.17, 15) is 0 Å². The average Bonchev–Trinajstić information content (AvgIpc) is 1.68. The van der Waals surface area contributed by atoms with Crippen LogP contribution in [-0.4, -0.2) is 11.4 Å². The number of nitrogens with two attached hydrogens (primary N) is 2. The van der Waals surface area contributed by atoms with E-state index in [-0.39, 0.29) is 5.70 Å². The van der Waals surface area contributed by atoms with Gasteiger partial charge in [-0.25, -0.2) is 0 Å². The molecule has 0 saturated carbocycles. The first-order valence-electron chi connectivity index (χ1n) is 1.66. The van der Waals surface area contributed by atoms with Crippen LogP contribution in [0.4, 0.5) is 0 Å². The molecule has 0 aromatic rings. The third-order valence-electron chi connectivity index (χ3n) is 0.399. The maximum absolute atomic E-state index is 7.76. The van der Waals surface area contributed by atoms with Crippen molar-refractivity contribution in [3.05, 3.63) is 11.9 Å². The molecular weight excluding hydrogens is 94.1 g/mol. The predicted molar refractivity (Wildman–Crippen MR) is 26.7 cm³/mol. The molecule has 0 aromatic heterocycles. The number of rotatable bonds is 1. The smallest absolute Gasteiger partial charge is 0.0905 e. The summed E-state index contributed by atoms with van der Waals surface area (Å²) in [6, 6.07) is 0. The molecule has 5 N–H and O–H groups in total. The Balaban J connectivity index is 3.58. The second-order valence-corrected chi connectivity index (χ2v) is 0.911. The van der Waals surface area contributed by atoms with Crippen LogP contribution in [0.2, 0.25) is 0 Å². The van der Waals surface area contributed by atoms with Gasteiger partial charge in [-0.05, 0) is 0 Å². The molecule has 0 saturated heterocycles. The zero-order valence-corrected chi connectivity index (χ0v) is 3.70. The lowest BCUT2D eigenvalue weighted by atomic mass is 10.5. The average molecular weight is 101 g/mol. The van der Waals surface area contributed by atoms with Crippen molar-refractivity contribution in [2.45, 2.75) is 0 Å². The Bertz CT molecular complexity index is 96.4. The predicted octanol–water partition coefficient (Wildman–Crippen LogP) is -0.795. The molecule has 40 valence electrons. The second kappa shape index (κ2) is 3.02. The second-order valence-electron chi connectivity index (χ2n) is 0.911. The summed E-state index contributed by atoms with van der Waals surface area (Å²) in [5.41, 5.74) is 10.1. The van der Waals surface area contributed by atoms with E-state index in [1.807, 2.05) is 0 Å². The Kier molecular flexibility index (Phi) is 2.50. The Morgan fingerprint density at radius 2 is 2.29 bits per heavy atom. The lowest BCUT2D eigenvalue weighted by Crippen LogP contribution is -2.00. The standard InChI is InChI=1S/C3H7N3O/c4-1-3(5)2-6-7/h1-2,7H,4-5H2. The van der Waals surface area contributed by atoms with Gasteiger partial charge >= 0.3 is 0 Å². The molecule has 4 nitrogen and oxygen atoms in total. The zero-order valence-electron chi connectivity index (χ0n) is 3.70. The first kappa shape index (κ1) is 5.81. The molecule has 0 bridgehead atoms. The van der Waals surface area contributed by atoms with Crippen LogP contribution in [0, 0.1) is 0 Å². The SMILES string of the molecule is NC=C(N)C=NO. The number of nitrogens with zero attached hydrogens (tertiary/aromatic N) is 1. The van der Waals surface area contributed by atoms with Crippen molar-refractivity contribution < 1.29 is 5.21 Å². The molecular formula is C3H7N3O. The summed E-state index contributed by atoms with van der Waals surface area (Å²) < 4.78 is 0. The van der Waals surface area contributed by atoms with Gasteiger partial charge in [0.15, 0.2) is 0 Å². The molecule has 0 atom stereocenters. The van der Waals surface area contributed by atoms with E-state index in [4.69, 9.17) is 16.7 Å². The molecule has 0 aromatic carbocycles. The quantitative estimate of drug-likeness (QED) is 0.230. The van der Waals surface area contributed by atoms with Crippen LogP contribution in [0.15, 0.2) is 17.1 Å². The fraction of sp³-hybridized carbons (Fsp3) is 0. The van der Waals surface area contributed by atoms with Crippen molar-refractivity contribution in [2.75, 3.05) is 0 Å². The molecule has 0 amide bonds. The van der Waals surface area contributed by atoms with Gasteiger partial charge in [0.2, 0.25) is 0 Å².